The van der Waals surface area contributed by atoms with Crippen molar-refractivity contribution in [3.05, 3.63) is 35.5 Å². The average Bonchev–Trinajstić information content (AvgIpc) is 2.97. The van der Waals surface area contributed by atoms with Gasteiger partial charge in [0.2, 0.25) is 0 Å². The maximum absolute atomic E-state index is 12.0. The smallest absolute Gasteiger partial charge is 0.356 e. The molecule has 120 valence electrons. The molecule has 1 aliphatic rings. The van der Waals surface area contributed by atoms with Crippen LogP contribution in [0.1, 0.15) is 19.9 Å². The van der Waals surface area contributed by atoms with E-state index in [4.69, 9.17) is 16.3 Å². The van der Waals surface area contributed by atoms with Crippen LogP contribution in [0.2, 0.25) is 5.02 Å². The molecular formula is C16H17ClN4O2. The van der Waals surface area contributed by atoms with Crippen molar-refractivity contribution in [3.63, 3.8) is 0 Å². The molecule has 1 unspecified atom stereocenters. The first-order valence-corrected chi connectivity index (χ1v) is 7.73. The first-order valence-electron chi connectivity index (χ1n) is 7.35. The molecule has 23 heavy (non-hydrogen) atoms. The van der Waals surface area contributed by atoms with Gasteiger partial charge in [0, 0.05) is 17.6 Å². The quantitative estimate of drug-likeness (QED) is 0.810. The maximum atomic E-state index is 12.0. The summed E-state index contributed by atoms with van der Waals surface area (Å²) in [6.45, 7) is 3.97. The topological polar surface area (TPSA) is 59.7 Å². The van der Waals surface area contributed by atoms with E-state index in [0.717, 1.165) is 16.9 Å². The van der Waals surface area contributed by atoms with Gasteiger partial charge in [-0.2, -0.15) is 10.2 Å². The molecular weight excluding hydrogens is 316 g/mol. The number of rotatable bonds is 3. The van der Waals surface area contributed by atoms with E-state index in [2.05, 4.69) is 10.2 Å². The zero-order chi connectivity index (χ0) is 16.6. The molecule has 1 aliphatic heterocycles. The van der Waals surface area contributed by atoms with E-state index in [1.54, 1.807) is 29.9 Å². The number of hydrazone groups is 1. The lowest BCUT2D eigenvalue weighted by Gasteiger charge is -2.27. The average molecular weight is 333 g/mol. The number of esters is 1. The van der Waals surface area contributed by atoms with Crippen molar-refractivity contribution in [2.24, 2.45) is 5.10 Å². The molecule has 2 heterocycles. The van der Waals surface area contributed by atoms with Crippen LogP contribution >= 0.6 is 11.6 Å². The molecule has 0 amide bonds. The molecule has 0 bridgehead atoms. The second-order valence-corrected chi connectivity index (χ2v) is 5.68. The number of fused-ring (bicyclic) bond motifs is 1. The van der Waals surface area contributed by atoms with Gasteiger partial charge in [-0.15, -0.1) is 0 Å². The molecule has 6 nitrogen and oxygen atoms in total. The number of benzene rings is 1. The van der Waals surface area contributed by atoms with E-state index in [1.807, 2.05) is 31.2 Å². The van der Waals surface area contributed by atoms with Gasteiger partial charge in [0.1, 0.15) is 6.04 Å². The lowest BCUT2D eigenvalue weighted by atomic mass is 10.1. The van der Waals surface area contributed by atoms with Gasteiger partial charge in [0.15, 0.2) is 11.5 Å². The first kappa shape index (κ1) is 15.6. The molecule has 7 heteroatoms. The van der Waals surface area contributed by atoms with Crippen molar-refractivity contribution in [2.45, 2.75) is 19.9 Å². The number of anilines is 1. The van der Waals surface area contributed by atoms with Gasteiger partial charge in [-0.25, -0.2) is 9.48 Å². The first-order chi connectivity index (χ1) is 11.0. The van der Waals surface area contributed by atoms with Crippen LogP contribution in [-0.4, -0.2) is 35.1 Å². The zero-order valence-corrected chi connectivity index (χ0v) is 13.9. The monoisotopic (exact) mass is 332 g/mol. The fourth-order valence-corrected chi connectivity index (χ4v) is 2.75. The Morgan fingerprint density at radius 2 is 2.04 bits per heavy atom. The van der Waals surface area contributed by atoms with Gasteiger partial charge in [0.25, 0.3) is 0 Å². The molecule has 0 aliphatic carbocycles. The summed E-state index contributed by atoms with van der Waals surface area (Å²) in [5.41, 5.74) is 2.26. The molecule has 0 saturated carbocycles. The summed E-state index contributed by atoms with van der Waals surface area (Å²) in [5.74, 6) is 0.411. The van der Waals surface area contributed by atoms with Gasteiger partial charge < -0.3 is 4.74 Å². The highest BCUT2D eigenvalue weighted by molar-refractivity contribution is 6.38. The van der Waals surface area contributed by atoms with Crippen LogP contribution in [0.3, 0.4) is 0 Å². The Morgan fingerprint density at radius 1 is 1.35 bits per heavy atom. The molecule has 0 saturated heterocycles. The summed E-state index contributed by atoms with van der Waals surface area (Å²) in [4.78, 5) is 12.0. The Labute approximate surface area is 139 Å². The normalized spacial score (nSPS) is 16.8. The third kappa shape index (κ3) is 2.70. The lowest BCUT2D eigenvalue weighted by molar-refractivity contribution is -0.135. The van der Waals surface area contributed by atoms with Crippen molar-refractivity contribution >= 4 is 29.1 Å². The van der Waals surface area contributed by atoms with Crippen molar-refractivity contribution in [2.75, 3.05) is 18.7 Å². The van der Waals surface area contributed by atoms with Gasteiger partial charge in [-0.3, -0.25) is 5.01 Å². The number of carbonyl (C=O) groups is 1. The minimum Gasteiger partial charge on any atom is -0.461 e. The number of carbonyl (C=O) groups excluding carboxylic acids is 1. The highest BCUT2D eigenvalue weighted by Crippen LogP contribution is 2.35. The van der Waals surface area contributed by atoms with Crippen LogP contribution in [0.4, 0.5) is 5.82 Å². The summed E-state index contributed by atoms with van der Waals surface area (Å²) < 4.78 is 6.85. The van der Waals surface area contributed by atoms with Crippen molar-refractivity contribution < 1.29 is 9.53 Å². The summed E-state index contributed by atoms with van der Waals surface area (Å²) in [5, 5.41) is 11.2. The summed E-state index contributed by atoms with van der Waals surface area (Å²) in [6.07, 6.45) is 1.77. The van der Waals surface area contributed by atoms with Crippen LogP contribution in [0.15, 0.2) is 35.6 Å². The summed E-state index contributed by atoms with van der Waals surface area (Å²) in [6, 6.07) is 7.24. The highest BCUT2D eigenvalue weighted by atomic mass is 35.5. The molecule has 0 N–H and O–H groups in total. The predicted octanol–water partition coefficient (Wildman–Crippen LogP) is 3.13. The molecule has 3 rings (SSSR count). The van der Waals surface area contributed by atoms with Crippen LogP contribution in [0.5, 0.6) is 0 Å². The minimum absolute atomic E-state index is 0.290. The number of hydrogen-bond donors (Lipinski definition) is 0. The van der Waals surface area contributed by atoms with E-state index < -0.39 is 5.97 Å². The molecule has 1 aromatic carbocycles. The van der Waals surface area contributed by atoms with E-state index in [1.165, 1.54) is 0 Å². The summed E-state index contributed by atoms with van der Waals surface area (Å²) in [7, 11) is 1.79. The predicted molar refractivity (Wildman–Crippen MR) is 89.9 cm³/mol. The standard InChI is InChI=1S/C16H17ClN4O2/c1-4-23-16(22)14-10(2)21-15(20(3)19-14)13(9-18-21)11-5-7-12(17)8-6-11/h5-10H,4H2,1-3H3. The van der Waals surface area contributed by atoms with Gasteiger partial charge in [0.05, 0.1) is 12.8 Å². The largest absolute Gasteiger partial charge is 0.461 e. The Kier molecular flexibility index (Phi) is 4.09. The van der Waals surface area contributed by atoms with Gasteiger partial charge in [-0.1, -0.05) is 23.7 Å². The van der Waals surface area contributed by atoms with Crippen LogP contribution < -0.4 is 5.01 Å². The van der Waals surface area contributed by atoms with Gasteiger partial charge >= 0.3 is 5.97 Å². The molecule has 0 fully saturated rings. The van der Waals surface area contributed by atoms with E-state index in [-0.39, 0.29) is 6.04 Å². The molecule has 2 aromatic rings. The van der Waals surface area contributed by atoms with Gasteiger partial charge in [-0.05, 0) is 31.5 Å². The number of aromatic nitrogens is 2. The Morgan fingerprint density at radius 3 is 2.70 bits per heavy atom. The van der Waals surface area contributed by atoms with Crippen LogP contribution in [0.25, 0.3) is 11.1 Å². The van der Waals surface area contributed by atoms with Crippen molar-refractivity contribution in [1.82, 2.24) is 9.78 Å². The van der Waals surface area contributed by atoms with E-state index >= 15 is 0 Å². The molecule has 1 atom stereocenters. The number of hydrogen-bond acceptors (Lipinski definition) is 5. The second kappa shape index (κ2) is 6.04. The SMILES string of the molecule is CCOC(=O)C1=NN(C)c2c(-c3ccc(Cl)cc3)cnn2C1C. The molecule has 0 spiro atoms. The second-order valence-electron chi connectivity index (χ2n) is 5.24. The molecule has 0 radical (unpaired) electrons. The Balaban J connectivity index is 2.02. The minimum atomic E-state index is -0.416. The lowest BCUT2D eigenvalue weighted by Crippen LogP contribution is -2.35. The Hall–Kier alpha value is -2.34. The number of halogens is 1. The fraction of sp³-hybridized carbons (Fsp3) is 0.312. The van der Waals surface area contributed by atoms with Crippen LogP contribution in [0, 0.1) is 0 Å². The van der Waals surface area contributed by atoms with E-state index in [9.17, 15) is 4.79 Å². The zero-order valence-electron chi connectivity index (χ0n) is 13.2. The maximum Gasteiger partial charge on any atom is 0.356 e. The third-order valence-corrected chi connectivity index (χ3v) is 3.99. The summed E-state index contributed by atoms with van der Waals surface area (Å²) >= 11 is 5.95. The third-order valence-electron chi connectivity index (χ3n) is 3.74. The number of ether oxygens (including phenoxy) is 1. The Bertz CT molecular complexity index is 767. The fourth-order valence-electron chi connectivity index (χ4n) is 2.62. The number of nitrogens with zero attached hydrogens (tertiary/aromatic N) is 4. The van der Waals surface area contributed by atoms with E-state index in [0.29, 0.717) is 17.3 Å². The highest BCUT2D eigenvalue weighted by Gasteiger charge is 2.32. The van der Waals surface area contributed by atoms with Crippen molar-refractivity contribution in [1.29, 1.82) is 0 Å². The van der Waals surface area contributed by atoms with Crippen LogP contribution in [-0.2, 0) is 9.53 Å². The molecule has 1 aromatic heterocycles. The van der Waals surface area contributed by atoms with Crippen molar-refractivity contribution in [3.8, 4) is 11.1 Å².